The van der Waals surface area contributed by atoms with E-state index in [0.717, 1.165) is 23.4 Å². The molecule has 0 radical (unpaired) electrons. The summed E-state index contributed by atoms with van der Waals surface area (Å²) in [4.78, 5) is 5.48. The smallest absolute Gasteiger partial charge is 0.126 e. The summed E-state index contributed by atoms with van der Waals surface area (Å²) in [5.74, 6) is 0.266. The number of rotatable bonds is 4. The highest BCUT2D eigenvalue weighted by molar-refractivity contribution is 6.15. The molecule has 4 aliphatic rings. The van der Waals surface area contributed by atoms with Gasteiger partial charge in [0.15, 0.2) is 0 Å². The van der Waals surface area contributed by atoms with Crippen molar-refractivity contribution >= 4 is 22.2 Å². The highest BCUT2D eigenvalue weighted by Crippen LogP contribution is 2.65. The Labute approximate surface area is 310 Å². The van der Waals surface area contributed by atoms with Gasteiger partial charge < -0.3 is 5.32 Å². The van der Waals surface area contributed by atoms with Crippen molar-refractivity contribution in [1.82, 2.24) is 5.32 Å². The van der Waals surface area contributed by atoms with Crippen LogP contribution in [0.3, 0.4) is 0 Å². The molecule has 250 valence electrons. The second-order valence-corrected chi connectivity index (χ2v) is 14.6. The standard InChI is InChI=1S/C51H36N2/c1-4-16-33(17-5-1)46-32-47(53-50(52-46)35-20-8-3-9-21-35)37-28-29-41-44(31-37)51(42-26-14-12-24-39(42)40-25-13-15-27-43(40)51)45-30-36-22-10-11-23-38(36)48(49(41)45)34-18-6-2-7-19-34/h1-20,22-32,35,50,52H,21H2. The monoisotopic (exact) mass is 676 g/mol. The van der Waals surface area contributed by atoms with Crippen LogP contribution in [0, 0.1) is 5.92 Å². The minimum absolute atomic E-state index is 0.0752. The molecule has 0 fully saturated rings. The van der Waals surface area contributed by atoms with E-state index in [2.05, 4.69) is 193 Å². The molecule has 0 bridgehead atoms. The second kappa shape index (κ2) is 11.8. The van der Waals surface area contributed by atoms with E-state index in [1.54, 1.807) is 0 Å². The normalized spacial score (nSPS) is 18.5. The molecule has 7 aromatic carbocycles. The van der Waals surface area contributed by atoms with E-state index in [9.17, 15) is 0 Å². The van der Waals surface area contributed by atoms with Gasteiger partial charge in [0.25, 0.3) is 0 Å². The molecule has 2 heteroatoms. The van der Waals surface area contributed by atoms with Crippen LogP contribution < -0.4 is 5.32 Å². The van der Waals surface area contributed by atoms with E-state index in [1.165, 1.54) is 72.0 Å². The molecular formula is C51H36N2. The van der Waals surface area contributed by atoms with Gasteiger partial charge in [-0.15, -0.1) is 0 Å². The van der Waals surface area contributed by atoms with Gasteiger partial charge in [0.1, 0.15) is 6.17 Å². The Bertz CT molecular complexity index is 2680. The molecule has 53 heavy (non-hydrogen) atoms. The summed E-state index contributed by atoms with van der Waals surface area (Å²) in [5.41, 5.74) is 17.1. The number of nitrogens with one attached hydrogen (secondary N) is 1. The molecule has 3 aliphatic carbocycles. The van der Waals surface area contributed by atoms with Crippen LogP contribution in [0.1, 0.15) is 39.8 Å². The molecule has 1 aliphatic heterocycles. The molecule has 0 amide bonds. The average Bonchev–Trinajstić information content (AvgIpc) is 3.70. The van der Waals surface area contributed by atoms with Crippen LogP contribution in [0.2, 0.25) is 0 Å². The lowest BCUT2D eigenvalue weighted by Crippen LogP contribution is -2.37. The molecule has 1 spiro atoms. The molecule has 1 heterocycles. The topological polar surface area (TPSA) is 24.4 Å². The Morgan fingerprint density at radius 2 is 1.21 bits per heavy atom. The number of benzene rings is 7. The first-order chi connectivity index (χ1) is 26.3. The summed E-state index contributed by atoms with van der Waals surface area (Å²) in [6.07, 6.45) is 12.0. The first-order valence-corrected chi connectivity index (χ1v) is 18.7. The summed E-state index contributed by atoms with van der Waals surface area (Å²) in [6.45, 7) is 0. The summed E-state index contributed by atoms with van der Waals surface area (Å²) in [5, 5.41) is 6.35. The first kappa shape index (κ1) is 30.1. The van der Waals surface area contributed by atoms with Gasteiger partial charge in [0.05, 0.1) is 11.1 Å². The van der Waals surface area contributed by atoms with Gasteiger partial charge in [-0.1, -0.05) is 170 Å². The van der Waals surface area contributed by atoms with Crippen molar-refractivity contribution in [3.63, 3.8) is 0 Å². The van der Waals surface area contributed by atoms with Crippen LogP contribution >= 0.6 is 0 Å². The largest absolute Gasteiger partial charge is 0.363 e. The summed E-state index contributed by atoms with van der Waals surface area (Å²) in [6, 6.07) is 58.4. The highest BCUT2D eigenvalue weighted by atomic mass is 15.1. The fourth-order valence-corrected chi connectivity index (χ4v) is 9.56. The quantitative estimate of drug-likeness (QED) is 0.197. The average molecular weight is 677 g/mol. The molecule has 0 aromatic heterocycles. The lowest BCUT2D eigenvalue weighted by atomic mass is 9.69. The predicted octanol–water partition coefficient (Wildman–Crippen LogP) is 11.7. The Kier molecular flexibility index (Phi) is 6.69. The predicted molar refractivity (Wildman–Crippen MR) is 220 cm³/mol. The number of fused-ring (bicyclic) bond motifs is 11. The summed E-state index contributed by atoms with van der Waals surface area (Å²) >= 11 is 0. The molecule has 2 atom stereocenters. The van der Waals surface area contributed by atoms with E-state index >= 15 is 0 Å². The van der Waals surface area contributed by atoms with Crippen LogP contribution in [-0.4, -0.2) is 11.9 Å². The van der Waals surface area contributed by atoms with Crippen molar-refractivity contribution in [3.05, 3.63) is 221 Å². The van der Waals surface area contributed by atoms with E-state index in [4.69, 9.17) is 4.99 Å². The van der Waals surface area contributed by atoms with E-state index in [1.807, 2.05) is 0 Å². The molecule has 7 aromatic rings. The minimum atomic E-state index is -0.489. The van der Waals surface area contributed by atoms with Crippen molar-refractivity contribution < 1.29 is 0 Å². The van der Waals surface area contributed by atoms with E-state index in [0.29, 0.717) is 0 Å². The zero-order valence-electron chi connectivity index (χ0n) is 29.2. The maximum Gasteiger partial charge on any atom is 0.126 e. The van der Waals surface area contributed by atoms with Crippen LogP contribution in [0.5, 0.6) is 0 Å². The van der Waals surface area contributed by atoms with Crippen molar-refractivity contribution in [2.45, 2.75) is 18.0 Å². The fourth-order valence-electron chi connectivity index (χ4n) is 9.56. The van der Waals surface area contributed by atoms with Gasteiger partial charge in [-0.2, -0.15) is 0 Å². The fraction of sp³-hybridized carbons (Fsp3) is 0.0784. The second-order valence-electron chi connectivity index (χ2n) is 14.6. The molecule has 2 nitrogen and oxygen atoms in total. The summed E-state index contributed by atoms with van der Waals surface area (Å²) in [7, 11) is 0. The lowest BCUT2D eigenvalue weighted by molar-refractivity contribution is 0.470. The van der Waals surface area contributed by atoms with Crippen molar-refractivity contribution in [2.24, 2.45) is 10.9 Å². The zero-order valence-corrected chi connectivity index (χ0v) is 29.2. The molecule has 2 unspecified atom stereocenters. The number of hydrogen-bond acceptors (Lipinski definition) is 2. The van der Waals surface area contributed by atoms with E-state index in [-0.39, 0.29) is 12.1 Å². The third-order valence-electron chi connectivity index (χ3n) is 11.8. The Hall–Kier alpha value is -6.51. The Morgan fingerprint density at radius 1 is 0.528 bits per heavy atom. The number of hydrogen-bond donors (Lipinski definition) is 1. The Balaban J connectivity index is 1.22. The SMILES string of the molecule is C1=CCC(C2N=C(c3ccc4c(c3)C3(c5ccccc5-c5ccccc53)c3cc5ccccc5c(-c5ccccc5)c3-4)C=C(c3ccccc3)N2)C=C1. The van der Waals surface area contributed by atoms with Crippen molar-refractivity contribution in [3.8, 4) is 33.4 Å². The van der Waals surface area contributed by atoms with Gasteiger partial charge in [-0.3, -0.25) is 4.99 Å². The van der Waals surface area contributed by atoms with Crippen LogP contribution in [-0.2, 0) is 5.41 Å². The number of allylic oxidation sites excluding steroid dienone is 4. The van der Waals surface area contributed by atoms with Gasteiger partial charge in [0.2, 0.25) is 0 Å². The molecular weight excluding hydrogens is 641 g/mol. The van der Waals surface area contributed by atoms with Crippen LogP contribution in [0.25, 0.3) is 49.9 Å². The number of nitrogens with zero attached hydrogens (tertiary/aromatic N) is 1. The molecule has 1 N–H and O–H groups in total. The summed E-state index contributed by atoms with van der Waals surface area (Å²) < 4.78 is 0. The van der Waals surface area contributed by atoms with Crippen LogP contribution in [0.15, 0.2) is 193 Å². The van der Waals surface area contributed by atoms with Gasteiger partial charge in [0, 0.05) is 17.2 Å². The van der Waals surface area contributed by atoms with Gasteiger partial charge in [-0.05, 0) is 96.6 Å². The first-order valence-electron chi connectivity index (χ1n) is 18.7. The van der Waals surface area contributed by atoms with Crippen molar-refractivity contribution in [2.75, 3.05) is 0 Å². The Morgan fingerprint density at radius 3 is 1.94 bits per heavy atom. The molecule has 0 saturated carbocycles. The zero-order chi connectivity index (χ0) is 34.9. The van der Waals surface area contributed by atoms with Crippen molar-refractivity contribution in [1.29, 1.82) is 0 Å². The molecule has 0 saturated heterocycles. The minimum Gasteiger partial charge on any atom is -0.363 e. The van der Waals surface area contributed by atoms with E-state index < -0.39 is 5.41 Å². The third-order valence-corrected chi connectivity index (χ3v) is 11.8. The maximum absolute atomic E-state index is 5.48. The highest BCUT2D eigenvalue weighted by Gasteiger charge is 2.52. The van der Waals surface area contributed by atoms with Gasteiger partial charge >= 0.3 is 0 Å². The van der Waals surface area contributed by atoms with Crippen LogP contribution in [0.4, 0.5) is 0 Å². The third kappa shape index (κ3) is 4.42. The molecule has 11 rings (SSSR count). The van der Waals surface area contributed by atoms with Gasteiger partial charge in [-0.25, -0.2) is 0 Å². The maximum atomic E-state index is 5.48. The number of aliphatic imine (C=N–C) groups is 1. The lowest BCUT2D eigenvalue weighted by Gasteiger charge is -2.32.